The molecule has 0 unspecified atom stereocenters. The molecule has 11 aromatic rings. The summed E-state index contributed by atoms with van der Waals surface area (Å²) in [5.41, 5.74) is 18.4. The van der Waals surface area contributed by atoms with Gasteiger partial charge in [-0.1, -0.05) is 170 Å². The molecular formula is C57H35N3O. The van der Waals surface area contributed by atoms with E-state index >= 15 is 0 Å². The summed E-state index contributed by atoms with van der Waals surface area (Å²) in [5, 5.41) is 3.26. The Morgan fingerprint density at radius 2 is 0.984 bits per heavy atom. The topological polar surface area (TPSA) is 42.2 Å². The number of furan rings is 1. The van der Waals surface area contributed by atoms with Gasteiger partial charge in [0.2, 0.25) is 5.95 Å². The van der Waals surface area contributed by atoms with Crippen molar-refractivity contribution in [2.24, 2.45) is 0 Å². The minimum absolute atomic E-state index is 0.487. The maximum absolute atomic E-state index is 6.31. The monoisotopic (exact) mass is 777 g/mol. The Morgan fingerprint density at radius 3 is 1.75 bits per heavy atom. The zero-order chi connectivity index (χ0) is 40.1. The molecule has 0 atom stereocenters. The molecular weight excluding hydrogens is 743 g/mol. The van der Waals surface area contributed by atoms with E-state index in [-0.39, 0.29) is 0 Å². The molecule has 0 saturated carbocycles. The van der Waals surface area contributed by atoms with Gasteiger partial charge in [-0.05, 0) is 92.5 Å². The predicted molar refractivity (Wildman–Crippen MR) is 249 cm³/mol. The molecule has 61 heavy (non-hydrogen) atoms. The molecule has 0 N–H and O–H groups in total. The van der Waals surface area contributed by atoms with Crippen molar-refractivity contribution >= 4 is 50.2 Å². The predicted octanol–water partition coefficient (Wildman–Crippen LogP) is 14.7. The molecule has 0 aliphatic heterocycles. The van der Waals surface area contributed by atoms with Crippen molar-refractivity contribution in [3.05, 3.63) is 235 Å². The van der Waals surface area contributed by atoms with E-state index in [1.54, 1.807) is 0 Å². The second kappa shape index (κ2) is 13.0. The van der Waals surface area contributed by atoms with Crippen molar-refractivity contribution in [1.82, 2.24) is 9.97 Å². The second-order valence-electron chi connectivity index (χ2n) is 16.0. The average Bonchev–Trinajstić information content (AvgIpc) is 3.96. The van der Waals surface area contributed by atoms with E-state index in [2.05, 4.69) is 199 Å². The minimum atomic E-state index is -0.487. The number of hydrogen-bond acceptors (Lipinski definition) is 4. The van der Waals surface area contributed by atoms with Crippen LogP contribution in [0.4, 0.5) is 17.3 Å². The Labute approximate surface area is 352 Å². The van der Waals surface area contributed by atoms with E-state index < -0.39 is 5.41 Å². The van der Waals surface area contributed by atoms with Gasteiger partial charge in [-0.25, -0.2) is 9.97 Å². The summed E-state index contributed by atoms with van der Waals surface area (Å²) >= 11 is 0. The van der Waals surface area contributed by atoms with Gasteiger partial charge in [-0.15, -0.1) is 0 Å². The van der Waals surface area contributed by atoms with E-state index in [0.29, 0.717) is 5.95 Å². The molecule has 284 valence electrons. The van der Waals surface area contributed by atoms with E-state index in [0.717, 1.165) is 66.6 Å². The zero-order valence-corrected chi connectivity index (χ0v) is 33.0. The first-order valence-corrected chi connectivity index (χ1v) is 20.8. The third-order valence-electron chi connectivity index (χ3n) is 12.9. The van der Waals surface area contributed by atoms with Gasteiger partial charge in [-0.2, -0.15) is 0 Å². The van der Waals surface area contributed by atoms with Gasteiger partial charge in [-0.3, -0.25) is 4.90 Å². The first-order chi connectivity index (χ1) is 30.3. The average molecular weight is 778 g/mol. The molecule has 0 bridgehead atoms. The van der Waals surface area contributed by atoms with Crippen molar-refractivity contribution < 1.29 is 4.42 Å². The van der Waals surface area contributed by atoms with Gasteiger partial charge in [0.15, 0.2) is 0 Å². The third kappa shape index (κ3) is 4.82. The van der Waals surface area contributed by atoms with Gasteiger partial charge in [0.1, 0.15) is 11.2 Å². The fourth-order valence-electron chi connectivity index (χ4n) is 10.4. The first-order valence-electron chi connectivity index (χ1n) is 20.8. The molecule has 2 heterocycles. The molecule has 2 aromatic heterocycles. The number of para-hydroxylation sites is 2. The number of fused-ring (bicyclic) bond motifs is 14. The zero-order valence-electron chi connectivity index (χ0n) is 33.0. The van der Waals surface area contributed by atoms with Crippen LogP contribution in [0.1, 0.15) is 22.3 Å². The molecule has 4 heteroatoms. The number of benzene rings is 9. The number of hydrogen-bond donors (Lipinski definition) is 0. The quantitative estimate of drug-likeness (QED) is 0.175. The summed E-state index contributed by atoms with van der Waals surface area (Å²) in [6.45, 7) is 0. The van der Waals surface area contributed by atoms with Crippen LogP contribution in [0.25, 0.3) is 77.5 Å². The molecule has 0 radical (unpaired) electrons. The maximum atomic E-state index is 6.31. The Balaban J connectivity index is 1.06. The highest BCUT2D eigenvalue weighted by Crippen LogP contribution is 2.64. The van der Waals surface area contributed by atoms with Gasteiger partial charge in [0, 0.05) is 33.0 Å². The summed E-state index contributed by atoms with van der Waals surface area (Å²) < 4.78 is 6.31. The van der Waals surface area contributed by atoms with Crippen molar-refractivity contribution in [3.63, 3.8) is 0 Å². The lowest BCUT2D eigenvalue weighted by Crippen LogP contribution is -2.26. The Morgan fingerprint density at radius 1 is 0.393 bits per heavy atom. The molecule has 1 spiro atoms. The Bertz CT molecular complexity index is 3500. The van der Waals surface area contributed by atoms with Crippen LogP contribution in [-0.4, -0.2) is 9.97 Å². The number of rotatable bonds is 5. The highest BCUT2D eigenvalue weighted by molar-refractivity contribution is 6.06. The maximum Gasteiger partial charge on any atom is 0.235 e. The summed E-state index contributed by atoms with van der Waals surface area (Å²) in [7, 11) is 0. The minimum Gasteiger partial charge on any atom is -0.456 e. The summed E-state index contributed by atoms with van der Waals surface area (Å²) in [6.07, 6.45) is 0. The van der Waals surface area contributed by atoms with Gasteiger partial charge < -0.3 is 4.42 Å². The van der Waals surface area contributed by atoms with Crippen LogP contribution in [-0.2, 0) is 5.41 Å². The highest BCUT2D eigenvalue weighted by atomic mass is 16.3. The van der Waals surface area contributed by atoms with Gasteiger partial charge in [0.05, 0.1) is 22.3 Å². The van der Waals surface area contributed by atoms with Gasteiger partial charge >= 0.3 is 0 Å². The van der Waals surface area contributed by atoms with Crippen LogP contribution in [0, 0.1) is 0 Å². The first kappa shape index (κ1) is 33.8. The molecule has 0 saturated heterocycles. The molecule has 0 amide bonds. The fourth-order valence-corrected chi connectivity index (χ4v) is 10.4. The van der Waals surface area contributed by atoms with E-state index in [1.165, 1.54) is 44.5 Å². The Kier molecular flexibility index (Phi) is 7.19. The molecule has 2 aliphatic carbocycles. The van der Waals surface area contributed by atoms with Crippen LogP contribution < -0.4 is 4.90 Å². The fraction of sp³-hybridized carbons (Fsp3) is 0.0175. The smallest absolute Gasteiger partial charge is 0.235 e. The molecule has 13 rings (SSSR count). The molecule has 0 fully saturated rings. The summed E-state index contributed by atoms with van der Waals surface area (Å²) in [5.74, 6) is 0.605. The Hall–Kier alpha value is -8.08. The summed E-state index contributed by atoms with van der Waals surface area (Å²) in [6, 6.07) is 76.0. The third-order valence-corrected chi connectivity index (χ3v) is 12.9. The van der Waals surface area contributed by atoms with Crippen molar-refractivity contribution in [1.29, 1.82) is 0 Å². The largest absolute Gasteiger partial charge is 0.456 e. The van der Waals surface area contributed by atoms with E-state index in [4.69, 9.17) is 14.4 Å². The van der Waals surface area contributed by atoms with Crippen molar-refractivity contribution in [2.75, 3.05) is 4.90 Å². The van der Waals surface area contributed by atoms with Crippen molar-refractivity contribution in [2.45, 2.75) is 5.41 Å². The normalized spacial score (nSPS) is 13.0. The lowest BCUT2D eigenvalue weighted by atomic mass is 9.70. The summed E-state index contributed by atoms with van der Waals surface area (Å²) in [4.78, 5) is 13.2. The lowest BCUT2D eigenvalue weighted by molar-refractivity contribution is 0.669. The number of anilines is 3. The van der Waals surface area contributed by atoms with E-state index in [9.17, 15) is 0 Å². The van der Waals surface area contributed by atoms with Crippen LogP contribution in [0.2, 0.25) is 0 Å². The standard InChI is InChI=1S/C57H35N3O/c1-2-15-37(16-3-1)55-45-21-7-12-26-50(45)58-56(59-55)60(39-32-29-36(30-33-39)38-31-34-43-42-19-8-13-28-52(42)61-53(43)35-38)51-27-14-25-49-54(51)44-20-6-11-24-48(44)57(49)46-22-9-4-17-40(46)41-18-5-10-23-47(41)57/h1-35H. The number of nitrogens with zero attached hydrogens (tertiary/aromatic N) is 3. The second-order valence-corrected chi connectivity index (χ2v) is 16.0. The highest BCUT2D eigenvalue weighted by Gasteiger charge is 2.52. The molecule has 4 nitrogen and oxygen atoms in total. The van der Waals surface area contributed by atoms with Gasteiger partial charge in [0.25, 0.3) is 0 Å². The van der Waals surface area contributed by atoms with Crippen LogP contribution in [0.3, 0.4) is 0 Å². The van der Waals surface area contributed by atoms with E-state index in [1.807, 2.05) is 18.2 Å². The molecule has 9 aromatic carbocycles. The lowest BCUT2D eigenvalue weighted by Gasteiger charge is -2.31. The number of aromatic nitrogens is 2. The molecule has 2 aliphatic rings. The SMILES string of the molecule is c1ccc(-c2nc(N(c3ccc(-c4ccc5c(c4)oc4ccccc45)cc3)c3cccc4c3-c3ccccc3C43c4ccccc4-c4ccccc43)nc3ccccc23)cc1. The van der Waals surface area contributed by atoms with Crippen LogP contribution >= 0.6 is 0 Å². The van der Waals surface area contributed by atoms with Crippen LogP contribution in [0.5, 0.6) is 0 Å². The van der Waals surface area contributed by atoms with Crippen molar-refractivity contribution in [3.8, 4) is 44.6 Å². The van der Waals surface area contributed by atoms with Crippen LogP contribution in [0.15, 0.2) is 217 Å².